The van der Waals surface area contributed by atoms with Crippen LogP contribution in [-0.2, 0) is 4.79 Å². The number of carbonyl (C=O) groups excluding carboxylic acids is 2. The Morgan fingerprint density at radius 1 is 1.44 bits per heavy atom. The summed E-state index contributed by atoms with van der Waals surface area (Å²) in [6.07, 6.45) is 0.764. The first-order valence-electron chi connectivity index (χ1n) is 6.07. The number of Topliss-reactive ketones (excluding diaryl/α,β-unsaturated/α-hetero) is 1. The molecular formula is C14H17NO3. The van der Waals surface area contributed by atoms with Crippen molar-refractivity contribution < 1.29 is 14.3 Å². The number of hydrogen-bond donors (Lipinski definition) is 1. The molecule has 0 unspecified atom stereocenters. The second-order valence-corrected chi connectivity index (χ2v) is 5.07. The average Bonchev–Trinajstić information content (AvgIpc) is 2.28. The molecule has 1 N–H and O–H groups in total. The van der Waals surface area contributed by atoms with Gasteiger partial charge in [0, 0.05) is 12.1 Å². The van der Waals surface area contributed by atoms with Crippen molar-refractivity contribution in [1.82, 2.24) is 0 Å². The van der Waals surface area contributed by atoms with E-state index >= 15 is 0 Å². The molecule has 96 valence electrons. The quantitative estimate of drug-likeness (QED) is 0.874. The Labute approximate surface area is 106 Å². The van der Waals surface area contributed by atoms with Gasteiger partial charge in [-0.2, -0.15) is 0 Å². The zero-order valence-corrected chi connectivity index (χ0v) is 10.9. The van der Waals surface area contributed by atoms with Crippen LogP contribution in [0.25, 0.3) is 0 Å². The van der Waals surface area contributed by atoms with Crippen LogP contribution in [0.2, 0.25) is 0 Å². The maximum Gasteiger partial charge on any atom is 0.224 e. The predicted octanol–water partition coefficient (Wildman–Crippen LogP) is 2.78. The molecule has 1 aromatic rings. The SMILES string of the molecule is CCC(=O)Nc1ccc2c(c1)C(=O)CC(C)(C)O2. The minimum absolute atomic E-state index is 0.0499. The number of rotatable bonds is 2. The third-order valence-corrected chi connectivity index (χ3v) is 2.86. The second-order valence-electron chi connectivity index (χ2n) is 5.07. The summed E-state index contributed by atoms with van der Waals surface area (Å²) >= 11 is 0. The molecule has 0 radical (unpaired) electrons. The van der Waals surface area contributed by atoms with Crippen molar-refractivity contribution in [2.75, 3.05) is 5.32 Å². The summed E-state index contributed by atoms with van der Waals surface area (Å²) in [5.74, 6) is 0.569. The van der Waals surface area contributed by atoms with Crippen LogP contribution < -0.4 is 10.1 Å². The fourth-order valence-corrected chi connectivity index (χ4v) is 1.98. The fraction of sp³-hybridized carbons (Fsp3) is 0.429. The van der Waals surface area contributed by atoms with Crippen LogP contribution in [0.5, 0.6) is 5.75 Å². The van der Waals surface area contributed by atoms with Crippen LogP contribution in [0, 0.1) is 0 Å². The zero-order chi connectivity index (χ0) is 13.3. The van der Waals surface area contributed by atoms with E-state index in [0.717, 1.165) is 0 Å². The molecular weight excluding hydrogens is 230 g/mol. The van der Waals surface area contributed by atoms with Gasteiger partial charge in [-0.3, -0.25) is 9.59 Å². The third-order valence-electron chi connectivity index (χ3n) is 2.86. The molecule has 0 saturated carbocycles. The van der Waals surface area contributed by atoms with Gasteiger partial charge >= 0.3 is 0 Å². The smallest absolute Gasteiger partial charge is 0.224 e. The highest BCUT2D eigenvalue weighted by Crippen LogP contribution is 2.34. The molecule has 1 aromatic carbocycles. The van der Waals surface area contributed by atoms with Crippen LogP contribution in [0.4, 0.5) is 5.69 Å². The summed E-state index contributed by atoms with van der Waals surface area (Å²) in [5.41, 5.74) is 0.721. The molecule has 1 aliphatic rings. The van der Waals surface area contributed by atoms with Crippen molar-refractivity contribution in [3.63, 3.8) is 0 Å². The van der Waals surface area contributed by atoms with Crippen LogP contribution >= 0.6 is 0 Å². The zero-order valence-electron chi connectivity index (χ0n) is 10.9. The summed E-state index contributed by atoms with van der Waals surface area (Å²) in [4.78, 5) is 23.3. The molecule has 0 spiro atoms. The van der Waals surface area contributed by atoms with Crippen molar-refractivity contribution in [1.29, 1.82) is 0 Å². The Kier molecular flexibility index (Phi) is 3.11. The molecule has 0 aliphatic carbocycles. The molecule has 1 heterocycles. The van der Waals surface area contributed by atoms with Gasteiger partial charge in [0.1, 0.15) is 11.4 Å². The van der Waals surface area contributed by atoms with Gasteiger partial charge in [-0.05, 0) is 32.0 Å². The largest absolute Gasteiger partial charge is 0.487 e. The van der Waals surface area contributed by atoms with Gasteiger partial charge in [-0.15, -0.1) is 0 Å². The monoisotopic (exact) mass is 247 g/mol. The predicted molar refractivity (Wildman–Crippen MR) is 69.0 cm³/mol. The Morgan fingerprint density at radius 2 is 2.17 bits per heavy atom. The van der Waals surface area contributed by atoms with E-state index < -0.39 is 5.60 Å². The van der Waals surface area contributed by atoms with Crippen LogP contribution in [0.15, 0.2) is 18.2 Å². The number of ether oxygens (including phenoxy) is 1. The van der Waals surface area contributed by atoms with Gasteiger partial charge < -0.3 is 10.1 Å². The molecule has 1 aliphatic heterocycles. The lowest BCUT2D eigenvalue weighted by atomic mass is 9.93. The van der Waals surface area contributed by atoms with Crippen molar-refractivity contribution >= 4 is 17.4 Å². The van der Waals surface area contributed by atoms with E-state index in [4.69, 9.17) is 4.74 Å². The van der Waals surface area contributed by atoms with Crippen molar-refractivity contribution in [3.05, 3.63) is 23.8 Å². The number of ketones is 1. The topological polar surface area (TPSA) is 55.4 Å². The Balaban J connectivity index is 2.30. The van der Waals surface area contributed by atoms with E-state index in [1.807, 2.05) is 13.8 Å². The summed E-state index contributed by atoms with van der Waals surface area (Å²) in [7, 11) is 0. The van der Waals surface area contributed by atoms with Gasteiger partial charge in [0.15, 0.2) is 5.78 Å². The highest BCUT2D eigenvalue weighted by atomic mass is 16.5. The highest BCUT2D eigenvalue weighted by Gasteiger charge is 2.32. The van der Waals surface area contributed by atoms with E-state index in [0.29, 0.717) is 29.8 Å². The molecule has 0 aromatic heterocycles. The highest BCUT2D eigenvalue weighted by molar-refractivity contribution is 6.02. The van der Waals surface area contributed by atoms with E-state index in [-0.39, 0.29) is 11.7 Å². The summed E-state index contributed by atoms with van der Waals surface area (Å²) in [6, 6.07) is 5.17. The van der Waals surface area contributed by atoms with Crippen LogP contribution in [0.1, 0.15) is 44.0 Å². The molecule has 2 rings (SSSR count). The minimum atomic E-state index is -0.460. The molecule has 1 amide bonds. The van der Waals surface area contributed by atoms with Gasteiger partial charge in [-0.25, -0.2) is 0 Å². The Morgan fingerprint density at radius 3 is 2.83 bits per heavy atom. The lowest BCUT2D eigenvalue weighted by Crippen LogP contribution is -2.35. The van der Waals surface area contributed by atoms with Crippen LogP contribution in [0.3, 0.4) is 0 Å². The minimum Gasteiger partial charge on any atom is -0.487 e. The number of nitrogens with one attached hydrogen (secondary N) is 1. The van der Waals surface area contributed by atoms with E-state index in [1.165, 1.54) is 0 Å². The number of carbonyl (C=O) groups is 2. The number of amides is 1. The first-order chi connectivity index (χ1) is 8.41. The molecule has 18 heavy (non-hydrogen) atoms. The summed E-state index contributed by atoms with van der Waals surface area (Å²) < 4.78 is 5.74. The maximum absolute atomic E-state index is 12.0. The van der Waals surface area contributed by atoms with Gasteiger partial charge in [0.25, 0.3) is 0 Å². The molecule has 4 nitrogen and oxygen atoms in total. The maximum atomic E-state index is 12.0. The second kappa shape index (κ2) is 4.44. The van der Waals surface area contributed by atoms with Crippen LogP contribution in [-0.4, -0.2) is 17.3 Å². The third kappa shape index (κ3) is 2.53. The standard InChI is InChI=1S/C14H17NO3/c1-4-13(17)15-9-5-6-12-10(7-9)11(16)8-14(2,3)18-12/h5-7H,4,8H2,1-3H3,(H,15,17). The number of anilines is 1. The fourth-order valence-electron chi connectivity index (χ4n) is 1.98. The molecule has 0 bridgehead atoms. The van der Waals surface area contributed by atoms with Gasteiger partial charge in [-0.1, -0.05) is 6.92 Å². The summed E-state index contributed by atoms with van der Waals surface area (Å²) in [5, 5.41) is 2.74. The summed E-state index contributed by atoms with van der Waals surface area (Å²) in [6.45, 7) is 5.56. The first kappa shape index (κ1) is 12.6. The van der Waals surface area contributed by atoms with Crippen molar-refractivity contribution in [2.24, 2.45) is 0 Å². The van der Waals surface area contributed by atoms with Crippen molar-refractivity contribution in [2.45, 2.75) is 39.2 Å². The van der Waals surface area contributed by atoms with Gasteiger partial charge in [0.05, 0.1) is 12.0 Å². The van der Waals surface area contributed by atoms with Crippen molar-refractivity contribution in [3.8, 4) is 5.75 Å². The normalized spacial score (nSPS) is 16.7. The van der Waals surface area contributed by atoms with E-state index in [2.05, 4.69) is 5.32 Å². The Bertz CT molecular complexity index is 506. The molecule has 4 heteroatoms. The number of hydrogen-bond acceptors (Lipinski definition) is 3. The Hall–Kier alpha value is -1.84. The van der Waals surface area contributed by atoms with E-state index in [9.17, 15) is 9.59 Å². The molecule has 0 fully saturated rings. The number of benzene rings is 1. The molecule has 0 saturated heterocycles. The average molecular weight is 247 g/mol. The first-order valence-corrected chi connectivity index (χ1v) is 6.07. The van der Waals surface area contributed by atoms with E-state index in [1.54, 1.807) is 25.1 Å². The lowest BCUT2D eigenvalue weighted by molar-refractivity contribution is -0.115. The molecule has 0 atom stereocenters. The lowest BCUT2D eigenvalue weighted by Gasteiger charge is -2.31. The number of fused-ring (bicyclic) bond motifs is 1. The van der Waals surface area contributed by atoms with Gasteiger partial charge in [0.2, 0.25) is 5.91 Å².